The van der Waals surface area contributed by atoms with Gasteiger partial charge < -0.3 is 0 Å². The Balaban J connectivity index is 1.58. The fraction of sp³-hybridized carbons (Fsp3) is 0.579. The van der Waals surface area contributed by atoms with Gasteiger partial charge in [0.1, 0.15) is 0 Å². The smallest absolute Gasteiger partial charge is 0.240 e. The van der Waals surface area contributed by atoms with Crippen LogP contribution in [0.1, 0.15) is 62.5 Å². The zero-order valence-corrected chi connectivity index (χ0v) is 15.5. The molecule has 2 aliphatic rings. The van der Waals surface area contributed by atoms with Gasteiger partial charge >= 0.3 is 0 Å². The minimum absolute atomic E-state index is 0.0575. The highest BCUT2D eigenvalue weighted by Gasteiger charge is 2.61. The highest BCUT2D eigenvalue weighted by Crippen LogP contribution is 2.59. The van der Waals surface area contributed by atoms with Crippen LogP contribution in [0.2, 0.25) is 0 Å². The molecule has 1 saturated carbocycles. The molecule has 0 radical (unpaired) electrons. The van der Waals surface area contributed by atoms with E-state index < -0.39 is 4.33 Å². The van der Waals surface area contributed by atoms with E-state index in [0.717, 1.165) is 19.3 Å². The van der Waals surface area contributed by atoms with E-state index in [4.69, 9.17) is 23.2 Å². The third kappa shape index (κ3) is 3.34. The number of alkyl halides is 2. The molecule has 0 spiro atoms. The van der Waals surface area contributed by atoms with Crippen molar-refractivity contribution in [3.8, 4) is 0 Å². The number of hydrogen-bond donors (Lipinski definition) is 1. The Morgan fingerprint density at radius 3 is 2.79 bits per heavy atom. The lowest BCUT2D eigenvalue weighted by atomic mass is 9.71. The number of amides is 1. The Labute approximate surface area is 153 Å². The van der Waals surface area contributed by atoms with E-state index in [2.05, 4.69) is 29.6 Å². The molecule has 0 heterocycles. The number of nitrogens with one attached hydrogen (secondary N) is 1. The van der Waals surface area contributed by atoms with Crippen LogP contribution in [0.15, 0.2) is 29.4 Å². The number of fused-ring (bicyclic) bond motifs is 3. The molecule has 0 bridgehead atoms. The first-order valence-electron chi connectivity index (χ1n) is 8.88. The largest absolute Gasteiger partial charge is 0.273 e. The van der Waals surface area contributed by atoms with Gasteiger partial charge in [-0.15, -0.1) is 0 Å². The number of hydrazone groups is 1. The fourth-order valence-corrected chi connectivity index (χ4v) is 4.51. The molecule has 1 N–H and O–H groups in total. The number of rotatable bonds is 7. The molecule has 130 valence electrons. The minimum atomic E-state index is -0.974. The SMILES string of the molecule is CCCCCCCC(=O)N/N=C1\[C@H]2c3ccccc3C[C@H]2C1(Cl)Cl. The first kappa shape index (κ1) is 17.8. The van der Waals surface area contributed by atoms with Crippen molar-refractivity contribution in [1.82, 2.24) is 5.43 Å². The molecule has 3 rings (SSSR count). The number of benzene rings is 1. The molecule has 1 aromatic rings. The summed E-state index contributed by atoms with van der Waals surface area (Å²) >= 11 is 13.0. The zero-order valence-electron chi connectivity index (χ0n) is 14.0. The van der Waals surface area contributed by atoms with Gasteiger partial charge in [-0.1, -0.05) is 80.1 Å². The predicted molar refractivity (Wildman–Crippen MR) is 99.8 cm³/mol. The van der Waals surface area contributed by atoms with Crippen LogP contribution in [-0.4, -0.2) is 16.0 Å². The first-order valence-corrected chi connectivity index (χ1v) is 9.63. The third-order valence-corrected chi connectivity index (χ3v) is 6.09. The van der Waals surface area contributed by atoms with Crippen LogP contribution in [0.25, 0.3) is 0 Å². The molecule has 3 nitrogen and oxygen atoms in total. The van der Waals surface area contributed by atoms with Crippen LogP contribution in [0.3, 0.4) is 0 Å². The first-order chi connectivity index (χ1) is 11.6. The molecule has 0 saturated heterocycles. The van der Waals surface area contributed by atoms with Crippen LogP contribution in [0.5, 0.6) is 0 Å². The van der Waals surface area contributed by atoms with Gasteiger partial charge in [-0.05, 0) is 24.0 Å². The molecule has 2 atom stereocenters. The second-order valence-corrected chi connectivity index (χ2v) is 8.19. The van der Waals surface area contributed by atoms with Crippen molar-refractivity contribution < 1.29 is 4.79 Å². The number of nitrogens with zero attached hydrogens (tertiary/aromatic N) is 1. The van der Waals surface area contributed by atoms with Crippen LogP contribution in [0.4, 0.5) is 0 Å². The molecule has 1 fully saturated rings. The highest BCUT2D eigenvalue weighted by atomic mass is 35.5. The quantitative estimate of drug-likeness (QED) is 0.413. The normalized spacial score (nSPS) is 25.0. The standard InChI is InChI=1S/C19H24Cl2N2O/c1-2-3-4-5-6-11-16(24)22-23-18-17-14-10-8-7-9-13(14)12-15(17)19(18,20)21/h7-10,15,17H,2-6,11-12H2,1H3,(H,22,24)/b23-18+/t15-,17+/m1/s1. The van der Waals surface area contributed by atoms with E-state index in [9.17, 15) is 4.79 Å². The van der Waals surface area contributed by atoms with Crippen LogP contribution < -0.4 is 5.43 Å². The zero-order chi connectivity index (χ0) is 17.2. The second kappa shape index (κ2) is 7.45. The average Bonchev–Trinajstić information content (AvgIpc) is 2.92. The summed E-state index contributed by atoms with van der Waals surface area (Å²) < 4.78 is -0.974. The third-order valence-electron chi connectivity index (χ3n) is 5.14. The van der Waals surface area contributed by atoms with E-state index in [1.54, 1.807) is 0 Å². The number of halogens is 2. The Bertz CT molecular complexity index is 642. The maximum atomic E-state index is 12.0. The number of hydrogen-bond acceptors (Lipinski definition) is 2. The maximum absolute atomic E-state index is 12.0. The lowest BCUT2D eigenvalue weighted by Crippen LogP contribution is -2.54. The van der Waals surface area contributed by atoms with Crippen molar-refractivity contribution in [1.29, 1.82) is 0 Å². The molecular formula is C19H24Cl2N2O. The van der Waals surface area contributed by atoms with Crippen molar-refractivity contribution >= 4 is 34.8 Å². The lowest BCUT2D eigenvalue weighted by molar-refractivity contribution is -0.121. The van der Waals surface area contributed by atoms with Crippen molar-refractivity contribution in [2.45, 2.75) is 62.1 Å². The van der Waals surface area contributed by atoms with Gasteiger partial charge in [-0.2, -0.15) is 5.10 Å². The summed E-state index contributed by atoms with van der Waals surface area (Å²) in [5, 5.41) is 4.29. The Kier molecular flexibility index (Phi) is 5.51. The highest BCUT2D eigenvalue weighted by molar-refractivity contribution is 6.62. The fourth-order valence-electron chi connectivity index (χ4n) is 3.78. The van der Waals surface area contributed by atoms with Gasteiger partial charge in [0, 0.05) is 18.3 Å². The van der Waals surface area contributed by atoms with E-state index in [-0.39, 0.29) is 17.7 Å². The summed E-state index contributed by atoms with van der Waals surface area (Å²) in [6.07, 6.45) is 6.99. The van der Waals surface area contributed by atoms with Crippen LogP contribution in [-0.2, 0) is 11.2 Å². The number of carbonyl (C=O) groups excluding carboxylic acids is 1. The van der Waals surface area contributed by atoms with Gasteiger partial charge in [0.2, 0.25) is 5.91 Å². The molecule has 1 aromatic carbocycles. The van der Waals surface area contributed by atoms with Gasteiger partial charge in [0.05, 0.1) is 5.71 Å². The van der Waals surface area contributed by atoms with Gasteiger partial charge in [0.15, 0.2) is 4.33 Å². The average molecular weight is 367 g/mol. The summed E-state index contributed by atoms with van der Waals surface area (Å²) in [5.74, 6) is 0.238. The maximum Gasteiger partial charge on any atom is 0.240 e. The molecule has 1 amide bonds. The Morgan fingerprint density at radius 2 is 2.00 bits per heavy atom. The van der Waals surface area contributed by atoms with Crippen LogP contribution >= 0.6 is 23.2 Å². The van der Waals surface area contributed by atoms with Crippen molar-refractivity contribution in [2.75, 3.05) is 0 Å². The summed E-state index contributed by atoms with van der Waals surface area (Å²) in [5.41, 5.74) is 5.86. The van der Waals surface area contributed by atoms with Crippen molar-refractivity contribution in [3.63, 3.8) is 0 Å². The second-order valence-electron chi connectivity index (χ2n) is 6.81. The topological polar surface area (TPSA) is 41.5 Å². The van der Waals surface area contributed by atoms with Crippen molar-refractivity contribution in [2.24, 2.45) is 11.0 Å². The summed E-state index contributed by atoms with van der Waals surface area (Å²) in [4.78, 5) is 12.0. The molecule has 5 heteroatoms. The molecule has 0 unspecified atom stereocenters. The predicted octanol–water partition coefficient (Wildman–Crippen LogP) is 4.96. The van der Waals surface area contributed by atoms with E-state index in [1.165, 1.54) is 30.4 Å². The Morgan fingerprint density at radius 1 is 1.25 bits per heavy atom. The van der Waals surface area contributed by atoms with E-state index in [0.29, 0.717) is 12.1 Å². The molecular weight excluding hydrogens is 343 g/mol. The summed E-state index contributed by atoms with van der Waals surface area (Å²) in [7, 11) is 0. The summed E-state index contributed by atoms with van der Waals surface area (Å²) in [6.45, 7) is 2.18. The van der Waals surface area contributed by atoms with Crippen molar-refractivity contribution in [3.05, 3.63) is 35.4 Å². The number of carbonyl (C=O) groups is 1. The van der Waals surface area contributed by atoms with Gasteiger partial charge in [0.25, 0.3) is 0 Å². The molecule has 0 aliphatic heterocycles. The van der Waals surface area contributed by atoms with Gasteiger partial charge in [-0.25, -0.2) is 5.43 Å². The molecule has 0 aromatic heterocycles. The summed E-state index contributed by atoms with van der Waals surface area (Å²) in [6, 6.07) is 8.28. The lowest BCUT2D eigenvalue weighted by Gasteiger charge is -2.45. The monoisotopic (exact) mass is 366 g/mol. The van der Waals surface area contributed by atoms with Crippen LogP contribution in [0, 0.1) is 5.92 Å². The van der Waals surface area contributed by atoms with E-state index in [1.807, 2.05) is 12.1 Å². The minimum Gasteiger partial charge on any atom is -0.273 e. The van der Waals surface area contributed by atoms with E-state index >= 15 is 0 Å². The van der Waals surface area contributed by atoms with Gasteiger partial charge in [-0.3, -0.25) is 4.79 Å². The molecule has 2 aliphatic carbocycles. The number of unbranched alkanes of at least 4 members (excludes halogenated alkanes) is 4. The molecule has 24 heavy (non-hydrogen) atoms. The Hall–Kier alpha value is -1.06.